The van der Waals surface area contributed by atoms with Crippen LogP contribution in [0.4, 0.5) is 0 Å². The molecule has 0 aliphatic carbocycles. The smallest absolute Gasteiger partial charge is 0.230 e. The largest absolute Gasteiger partial charge is 0.290 e. The van der Waals surface area contributed by atoms with Crippen LogP contribution in [0.2, 0.25) is 5.02 Å². The zero-order valence-electron chi connectivity index (χ0n) is 8.08. The third-order valence-electron chi connectivity index (χ3n) is 1.87. The van der Waals surface area contributed by atoms with E-state index in [9.17, 15) is 9.59 Å². The Hall–Kier alpha value is -1.15. The van der Waals surface area contributed by atoms with Crippen LogP contribution in [0.3, 0.4) is 0 Å². The molecule has 0 radical (unpaired) electrons. The van der Waals surface area contributed by atoms with Gasteiger partial charge in [-0.1, -0.05) is 37.6 Å². The Labute approximate surface area is 87.9 Å². The van der Waals surface area contributed by atoms with Gasteiger partial charge in [-0.3, -0.25) is 9.59 Å². The number of ketones is 2. The Morgan fingerprint density at radius 3 is 2.29 bits per heavy atom. The molecule has 0 saturated heterocycles. The standard InChI is InChI=1S/C11H11ClO2/c1-7(2)10(13)11(14)8-5-3-4-6-9(8)12/h3-7H,1-2H3. The van der Waals surface area contributed by atoms with E-state index in [0.29, 0.717) is 5.02 Å². The van der Waals surface area contributed by atoms with E-state index in [1.54, 1.807) is 38.1 Å². The molecule has 0 fully saturated rings. The summed E-state index contributed by atoms with van der Waals surface area (Å²) in [6.07, 6.45) is 0. The first-order valence-electron chi connectivity index (χ1n) is 4.37. The molecular weight excluding hydrogens is 200 g/mol. The lowest BCUT2D eigenvalue weighted by Gasteiger charge is -2.04. The molecule has 1 aromatic carbocycles. The molecule has 2 nitrogen and oxygen atoms in total. The molecule has 74 valence electrons. The van der Waals surface area contributed by atoms with Crippen molar-refractivity contribution in [3.8, 4) is 0 Å². The molecular formula is C11H11ClO2. The van der Waals surface area contributed by atoms with E-state index in [2.05, 4.69) is 0 Å². The van der Waals surface area contributed by atoms with Crippen LogP contribution in [0, 0.1) is 5.92 Å². The summed E-state index contributed by atoms with van der Waals surface area (Å²) in [6.45, 7) is 3.38. The number of Topliss-reactive ketones (excluding diaryl/α,β-unsaturated/α-hetero) is 2. The van der Waals surface area contributed by atoms with Crippen LogP contribution in [0.25, 0.3) is 0 Å². The molecule has 0 aliphatic heterocycles. The van der Waals surface area contributed by atoms with Gasteiger partial charge in [0.2, 0.25) is 11.6 Å². The summed E-state index contributed by atoms with van der Waals surface area (Å²) in [5.41, 5.74) is 0.285. The molecule has 0 saturated carbocycles. The van der Waals surface area contributed by atoms with Crippen molar-refractivity contribution in [3.63, 3.8) is 0 Å². The first-order chi connectivity index (χ1) is 6.54. The summed E-state index contributed by atoms with van der Waals surface area (Å²) < 4.78 is 0. The SMILES string of the molecule is CC(C)C(=O)C(=O)c1ccccc1Cl. The highest BCUT2D eigenvalue weighted by molar-refractivity contribution is 6.47. The minimum Gasteiger partial charge on any atom is -0.290 e. The molecule has 0 unspecified atom stereocenters. The fourth-order valence-electron chi connectivity index (χ4n) is 1.04. The third-order valence-corrected chi connectivity index (χ3v) is 2.20. The van der Waals surface area contributed by atoms with Gasteiger partial charge >= 0.3 is 0 Å². The van der Waals surface area contributed by atoms with E-state index in [4.69, 9.17) is 11.6 Å². The molecule has 0 heterocycles. The lowest BCUT2D eigenvalue weighted by molar-refractivity contribution is -0.117. The minimum atomic E-state index is -0.509. The van der Waals surface area contributed by atoms with Crippen LogP contribution >= 0.6 is 11.6 Å². The van der Waals surface area contributed by atoms with Crippen molar-refractivity contribution in [2.24, 2.45) is 5.92 Å². The van der Waals surface area contributed by atoms with Crippen LogP contribution in [-0.2, 0) is 4.79 Å². The average molecular weight is 211 g/mol. The average Bonchev–Trinajstić information content (AvgIpc) is 2.16. The maximum atomic E-state index is 11.6. The molecule has 0 atom stereocenters. The predicted molar refractivity (Wildman–Crippen MR) is 55.6 cm³/mol. The molecule has 1 rings (SSSR count). The molecule has 0 N–H and O–H groups in total. The van der Waals surface area contributed by atoms with Gasteiger partial charge in [0, 0.05) is 11.5 Å². The van der Waals surface area contributed by atoms with E-state index in [1.807, 2.05) is 0 Å². The number of benzene rings is 1. The second-order valence-corrected chi connectivity index (χ2v) is 3.74. The summed E-state index contributed by atoms with van der Waals surface area (Å²) in [6, 6.07) is 6.57. The molecule has 0 amide bonds. The third kappa shape index (κ3) is 2.20. The van der Waals surface area contributed by atoms with Crippen molar-refractivity contribution in [1.82, 2.24) is 0 Å². The van der Waals surface area contributed by atoms with Gasteiger partial charge < -0.3 is 0 Å². The molecule has 14 heavy (non-hydrogen) atoms. The van der Waals surface area contributed by atoms with Crippen LogP contribution in [0.5, 0.6) is 0 Å². The molecule has 0 bridgehead atoms. The second-order valence-electron chi connectivity index (χ2n) is 3.33. The fraction of sp³-hybridized carbons (Fsp3) is 0.273. The monoisotopic (exact) mass is 210 g/mol. The van der Waals surface area contributed by atoms with E-state index < -0.39 is 11.6 Å². The molecule has 0 aliphatic rings. The van der Waals surface area contributed by atoms with Crippen molar-refractivity contribution in [3.05, 3.63) is 34.9 Å². The highest BCUT2D eigenvalue weighted by Crippen LogP contribution is 2.16. The summed E-state index contributed by atoms with van der Waals surface area (Å²) >= 11 is 5.79. The van der Waals surface area contributed by atoms with Crippen LogP contribution in [0.1, 0.15) is 24.2 Å². The number of rotatable bonds is 3. The maximum Gasteiger partial charge on any atom is 0.230 e. The topological polar surface area (TPSA) is 34.1 Å². The van der Waals surface area contributed by atoms with Gasteiger partial charge in [-0.15, -0.1) is 0 Å². The van der Waals surface area contributed by atoms with Crippen molar-refractivity contribution >= 4 is 23.2 Å². The van der Waals surface area contributed by atoms with E-state index in [0.717, 1.165) is 0 Å². The Morgan fingerprint density at radius 2 is 1.79 bits per heavy atom. The van der Waals surface area contributed by atoms with Crippen LogP contribution in [-0.4, -0.2) is 11.6 Å². The van der Waals surface area contributed by atoms with E-state index in [1.165, 1.54) is 0 Å². The van der Waals surface area contributed by atoms with Gasteiger partial charge in [-0.2, -0.15) is 0 Å². The van der Waals surface area contributed by atoms with Crippen molar-refractivity contribution in [2.75, 3.05) is 0 Å². The number of hydrogen-bond donors (Lipinski definition) is 0. The highest BCUT2D eigenvalue weighted by atomic mass is 35.5. The van der Waals surface area contributed by atoms with Crippen molar-refractivity contribution in [1.29, 1.82) is 0 Å². The number of hydrogen-bond acceptors (Lipinski definition) is 2. The minimum absolute atomic E-state index is 0.285. The predicted octanol–water partition coefficient (Wildman–Crippen LogP) is 2.75. The lowest BCUT2D eigenvalue weighted by Crippen LogP contribution is -2.19. The van der Waals surface area contributed by atoms with Gasteiger partial charge in [0.05, 0.1) is 5.02 Å². The zero-order chi connectivity index (χ0) is 10.7. The first kappa shape index (κ1) is 10.9. The Kier molecular flexibility index (Phi) is 3.42. The second kappa shape index (κ2) is 4.38. The van der Waals surface area contributed by atoms with Gasteiger partial charge in [-0.25, -0.2) is 0 Å². The summed E-state index contributed by atoms with van der Waals surface area (Å²) in [5.74, 6) is -1.21. The molecule has 1 aromatic rings. The Bertz CT molecular complexity index is 369. The Balaban J connectivity index is 3.02. The normalized spacial score (nSPS) is 10.3. The fourth-order valence-corrected chi connectivity index (χ4v) is 1.26. The van der Waals surface area contributed by atoms with Gasteiger partial charge in [0.15, 0.2) is 0 Å². The van der Waals surface area contributed by atoms with Crippen LogP contribution < -0.4 is 0 Å². The maximum absolute atomic E-state index is 11.6. The number of halogens is 1. The summed E-state index contributed by atoms with van der Waals surface area (Å²) in [4.78, 5) is 23.0. The Morgan fingerprint density at radius 1 is 1.21 bits per heavy atom. The first-order valence-corrected chi connectivity index (χ1v) is 4.75. The molecule has 0 aromatic heterocycles. The van der Waals surface area contributed by atoms with Gasteiger partial charge in [0.25, 0.3) is 0 Å². The molecule has 0 spiro atoms. The quantitative estimate of drug-likeness (QED) is 0.568. The van der Waals surface area contributed by atoms with E-state index in [-0.39, 0.29) is 11.5 Å². The number of carbonyl (C=O) groups is 2. The number of carbonyl (C=O) groups excluding carboxylic acids is 2. The van der Waals surface area contributed by atoms with E-state index >= 15 is 0 Å². The van der Waals surface area contributed by atoms with Gasteiger partial charge in [-0.05, 0) is 12.1 Å². The summed E-state index contributed by atoms with van der Waals surface area (Å²) in [5, 5.41) is 0.325. The lowest BCUT2D eigenvalue weighted by atomic mass is 10.00. The molecule has 3 heteroatoms. The van der Waals surface area contributed by atoms with Gasteiger partial charge in [0.1, 0.15) is 0 Å². The summed E-state index contributed by atoms with van der Waals surface area (Å²) in [7, 11) is 0. The highest BCUT2D eigenvalue weighted by Gasteiger charge is 2.20. The van der Waals surface area contributed by atoms with Crippen molar-refractivity contribution in [2.45, 2.75) is 13.8 Å². The zero-order valence-corrected chi connectivity index (χ0v) is 8.84. The van der Waals surface area contributed by atoms with Crippen LogP contribution in [0.15, 0.2) is 24.3 Å². The van der Waals surface area contributed by atoms with Crippen molar-refractivity contribution < 1.29 is 9.59 Å².